The van der Waals surface area contributed by atoms with Crippen LogP contribution >= 0.6 is 0 Å². The Morgan fingerprint density at radius 2 is 1.79 bits per heavy atom. The van der Waals surface area contributed by atoms with E-state index in [9.17, 15) is 4.79 Å². The molecular weight excluding hydrogens is 302 g/mol. The molecule has 1 amide bonds. The molecule has 0 aliphatic rings. The van der Waals surface area contributed by atoms with E-state index >= 15 is 0 Å². The zero-order chi connectivity index (χ0) is 16.4. The molecule has 116 valence electrons. The number of carbonyl (C=O) groups is 1. The summed E-state index contributed by atoms with van der Waals surface area (Å²) < 4.78 is 2.00. The first-order valence-electron chi connectivity index (χ1n) is 7.41. The summed E-state index contributed by atoms with van der Waals surface area (Å²) >= 11 is 0. The zero-order valence-electron chi connectivity index (χ0n) is 12.6. The van der Waals surface area contributed by atoms with E-state index in [0.717, 1.165) is 16.7 Å². The first-order chi connectivity index (χ1) is 11.8. The number of anilines is 1. The normalized spacial score (nSPS) is 10.7. The third-order valence-electron chi connectivity index (χ3n) is 3.65. The van der Waals surface area contributed by atoms with Crippen LogP contribution in [0.1, 0.15) is 10.5 Å². The summed E-state index contributed by atoms with van der Waals surface area (Å²) in [4.78, 5) is 24.3. The Balaban J connectivity index is 1.58. The Morgan fingerprint density at radius 1 is 0.958 bits per heavy atom. The fourth-order valence-corrected chi connectivity index (χ4v) is 2.48. The molecule has 2 aromatic heterocycles. The number of benzene rings is 2. The van der Waals surface area contributed by atoms with Crippen molar-refractivity contribution in [3.63, 3.8) is 0 Å². The molecule has 2 heterocycles. The number of nitrogens with zero attached hydrogens (tertiary/aromatic N) is 4. The largest absolute Gasteiger partial charge is 0.321 e. The number of nitrogens with one attached hydrogen (secondary N) is 1. The van der Waals surface area contributed by atoms with Crippen LogP contribution < -0.4 is 5.32 Å². The molecule has 24 heavy (non-hydrogen) atoms. The van der Waals surface area contributed by atoms with E-state index in [1.807, 2.05) is 53.1 Å². The molecule has 4 aromatic rings. The Bertz CT molecular complexity index is 993. The number of hydrogen-bond acceptors (Lipinski definition) is 4. The van der Waals surface area contributed by atoms with E-state index in [-0.39, 0.29) is 11.6 Å². The van der Waals surface area contributed by atoms with Crippen LogP contribution in [0.4, 0.5) is 5.69 Å². The van der Waals surface area contributed by atoms with E-state index in [4.69, 9.17) is 0 Å². The number of imidazole rings is 1. The average molecular weight is 315 g/mol. The second-order valence-electron chi connectivity index (χ2n) is 5.19. The monoisotopic (exact) mass is 315 g/mol. The lowest BCUT2D eigenvalue weighted by molar-refractivity contribution is 0.102. The molecule has 4 rings (SSSR count). The van der Waals surface area contributed by atoms with E-state index in [1.165, 1.54) is 18.6 Å². The van der Waals surface area contributed by atoms with Crippen molar-refractivity contribution in [1.29, 1.82) is 0 Å². The summed E-state index contributed by atoms with van der Waals surface area (Å²) in [5.41, 5.74) is 3.92. The Kier molecular flexibility index (Phi) is 3.47. The van der Waals surface area contributed by atoms with Crippen LogP contribution in [0, 0.1) is 0 Å². The highest BCUT2D eigenvalue weighted by molar-refractivity contribution is 6.02. The summed E-state index contributed by atoms with van der Waals surface area (Å²) in [6.07, 6.45) is 6.24. The van der Waals surface area contributed by atoms with Crippen molar-refractivity contribution in [3.8, 4) is 5.69 Å². The van der Waals surface area contributed by atoms with Gasteiger partial charge >= 0.3 is 0 Å². The third-order valence-corrected chi connectivity index (χ3v) is 3.65. The number of rotatable bonds is 3. The van der Waals surface area contributed by atoms with E-state index < -0.39 is 0 Å². The first-order valence-corrected chi connectivity index (χ1v) is 7.41. The number of carbonyl (C=O) groups excluding carboxylic acids is 1. The number of fused-ring (bicyclic) bond motifs is 1. The molecular formula is C18H13N5O. The SMILES string of the molecule is O=C(Nc1ccc(-n2cnc3ccccc32)cc1)c1cnccn1. The fourth-order valence-electron chi connectivity index (χ4n) is 2.48. The van der Waals surface area contributed by atoms with Gasteiger partial charge in [-0.3, -0.25) is 14.3 Å². The number of hydrogen-bond donors (Lipinski definition) is 1. The summed E-state index contributed by atoms with van der Waals surface area (Å²) in [6.45, 7) is 0. The van der Waals surface area contributed by atoms with Crippen LogP contribution in [0.2, 0.25) is 0 Å². The van der Waals surface area contributed by atoms with Gasteiger partial charge in [0.2, 0.25) is 0 Å². The molecule has 6 nitrogen and oxygen atoms in total. The van der Waals surface area contributed by atoms with E-state index in [2.05, 4.69) is 20.3 Å². The quantitative estimate of drug-likeness (QED) is 0.630. The zero-order valence-corrected chi connectivity index (χ0v) is 12.6. The predicted octanol–water partition coefficient (Wildman–Crippen LogP) is 3.07. The first kappa shape index (κ1) is 14.1. The summed E-state index contributed by atoms with van der Waals surface area (Å²) in [5, 5.41) is 2.80. The van der Waals surface area contributed by atoms with Gasteiger partial charge in [0.25, 0.3) is 5.91 Å². The van der Waals surface area contributed by atoms with Crippen LogP contribution in [0.25, 0.3) is 16.7 Å². The molecule has 0 fully saturated rings. The molecule has 0 bridgehead atoms. The standard InChI is InChI=1S/C18H13N5O/c24-18(16-11-19-9-10-20-16)22-13-5-7-14(8-6-13)23-12-21-15-3-1-2-4-17(15)23/h1-12H,(H,22,24). The molecule has 0 saturated heterocycles. The van der Waals surface area contributed by atoms with Gasteiger partial charge < -0.3 is 5.32 Å². The molecule has 2 aromatic carbocycles. The van der Waals surface area contributed by atoms with Crippen molar-refractivity contribution in [2.24, 2.45) is 0 Å². The summed E-state index contributed by atoms with van der Waals surface area (Å²) in [6, 6.07) is 15.5. The van der Waals surface area contributed by atoms with Crippen molar-refractivity contribution in [2.75, 3.05) is 5.32 Å². The van der Waals surface area contributed by atoms with Gasteiger partial charge in [-0.05, 0) is 36.4 Å². The number of aromatic nitrogens is 4. The Hall–Kier alpha value is -3.54. The molecule has 0 atom stereocenters. The van der Waals surface area contributed by atoms with Gasteiger partial charge in [0.1, 0.15) is 12.0 Å². The van der Waals surface area contributed by atoms with Gasteiger partial charge in [-0.25, -0.2) is 9.97 Å². The number of amides is 1. The van der Waals surface area contributed by atoms with Gasteiger partial charge in [-0.15, -0.1) is 0 Å². The second kappa shape index (κ2) is 5.92. The smallest absolute Gasteiger partial charge is 0.275 e. The van der Waals surface area contributed by atoms with Crippen LogP contribution in [-0.4, -0.2) is 25.4 Å². The lowest BCUT2D eigenvalue weighted by Crippen LogP contribution is -2.13. The summed E-state index contributed by atoms with van der Waals surface area (Å²) in [7, 11) is 0. The maximum atomic E-state index is 12.1. The minimum Gasteiger partial charge on any atom is -0.321 e. The highest BCUT2D eigenvalue weighted by Crippen LogP contribution is 2.19. The van der Waals surface area contributed by atoms with Gasteiger partial charge in [0, 0.05) is 23.8 Å². The molecule has 0 spiro atoms. The van der Waals surface area contributed by atoms with Crippen LogP contribution in [0.5, 0.6) is 0 Å². The second-order valence-corrected chi connectivity index (χ2v) is 5.19. The number of para-hydroxylation sites is 2. The minimum absolute atomic E-state index is 0.280. The van der Waals surface area contributed by atoms with Gasteiger partial charge in [-0.1, -0.05) is 12.1 Å². The minimum atomic E-state index is -0.288. The highest BCUT2D eigenvalue weighted by Gasteiger charge is 2.08. The highest BCUT2D eigenvalue weighted by atomic mass is 16.1. The van der Waals surface area contributed by atoms with Crippen molar-refractivity contribution >= 4 is 22.6 Å². The topological polar surface area (TPSA) is 72.7 Å². The lowest BCUT2D eigenvalue weighted by atomic mass is 10.2. The fraction of sp³-hybridized carbons (Fsp3) is 0. The van der Waals surface area contributed by atoms with Gasteiger partial charge in [0.15, 0.2) is 0 Å². The van der Waals surface area contributed by atoms with Gasteiger partial charge in [0.05, 0.1) is 17.2 Å². The molecule has 1 N–H and O–H groups in total. The van der Waals surface area contributed by atoms with Crippen LogP contribution in [-0.2, 0) is 0 Å². The lowest BCUT2D eigenvalue weighted by Gasteiger charge is -2.07. The molecule has 0 aliphatic heterocycles. The van der Waals surface area contributed by atoms with Crippen molar-refractivity contribution < 1.29 is 4.79 Å². The maximum absolute atomic E-state index is 12.1. The van der Waals surface area contributed by atoms with Crippen molar-refractivity contribution in [1.82, 2.24) is 19.5 Å². The predicted molar refractivity (Wildman–Crippen MR) is 91.1 cm³/mol. The Labute approximate surface area is 137 Å². The molecule has 6 heteroatoms. The van der Waals surface area contributed by atoms with Crippen LogP contribution in [0.15, 0.2) is 73.4 Å². The Morgan fingerprint density at radius 3 is 2.58 bits per heavy atom. The van der Waals surface area contributed by atoms with Crippen molar-refractivity contribution in [2.45, 2.75) is 0 Å². The van der Waals surface area contributed by atoms with E-state index in [1.54, 1.807) is 6.33 Å². The molecule has 0 saturated carbocycles. The van der Waals surface area contributed by atoms with Gasteiger partial charge in [-0.2, -0.15) is 0 Å². The maximum Gasteiger partial charge on any atom is 0.275 e. The van der Waals surface area contributed by atoms with Crippen LogP contribution in [0.3, 0.4) is 0 Å². The van der Waals surface area contributed by atoms with Crippen molar-refractivity contribution in [3.05, 3.63) is 79.1 Å². The summed E-state index contributed by atoms with van der Waals surface area (Å²) in [5.74, 6) is -0.288. The third kappa shape index (κ3) is 2.61. The van der Waals surface area contributed by atoms with E-state index in [0.29, 0.717) is 5.69 Å². The molecule has 0 radical (unpaired) electrons. The average Bonchev–Trinajstić information content (AvgIpc) is 3.07. The molecule has 0 unspecified atom stereocenters. The molecule has 0 aliphatic carbocycles.